The molecule has 5 nitrogen and oxygen atoms in total. The molecule has 4 aliphatic rings. The molecule has 0 aromatic rings. The molecule has 4 saturated heterocycles. The van der Waals surface area contributed by atoms with Crippen LogP contribution in [0.4, 0.5) is 4.79 Å². The van der Waals surface area contributed by atoms with Crippen LogP contribution in [0.5, 0.6) is 0 Å². The molecule has 0 saturated carbocycles. The second kappa shape index (κ2) is 7.18. The molecule has 22 heavy (non-hydrogen) atoms. The maximum absolute atomic E-state index is 11.7. The van der Waals surface area contributed by atoms with E-state index in [4.69, 9.17) is 0 Å². The normalized spacial score (nSPS) is 35.0. The largest absolute Gasteiger partial charge is 0.337 e. The third-order valence-corrected chi connectivity index (χ3v) is 5.62. The van der Waals surface area contributed by atoms with Crippen LogP contribution >= 0.6 is 0 Å². The van der Waals surface area contributed by atoms with E-state index in [1.54, 1.807) is 0 Å². The second-order valence-corrected chi connectivity index (χ2v) is 7.71. The van der Waals surface area contributed by atoms with Gasteiger partial charge in [-0.15, -0.1) is 0 Å². The number of urea groups is 1. The summed E-state index contributed by atoms with van der Waals surface area (Å²) in [6.07, 6.45) is 5.39. The Bertz CT molecular complexity index is 381. The van der Waals surface area contributed by atoms with Gasteiger partial charge in [0.25, 0.3) is 0 Å². The van der Waals surface area contributed by atoms with E-state index < -0.39 is 0 Å². The summed E-state index contributed by atoms with van der Waals surface area (Å²) in [5.41, 5.74) is 0. The van der Waals surface area contributed by atoms with E-state index in [1.807, 2.05) is 13.8 Å². The zero-order chi connectivity index (χ0) is 15.5. The zero-order valence-corrected chi connectivity index (χ0v) is 14.2. The van der Waals surface area contributed by atoms with Gasteiger partial charge in [0.1, 0.15) is 0 Å². The molecule has 5 heteroatoms. The fraction of sp³-hybridized carbons (Fsp3) is 0.941. The first-order chi connectivity index (χ1) is 10.6. The van der Waals surface area contributed by atoms with Crippen molar-refractivity contribution in [1.29, 1.82) is 0 Å². The number of hydrogen-bond acceptors (Lipinski definition) is 3. The van der Waals surface area contributed by atoms with Crippen molar-refractivity contribution in [2.45, 2.75) is 51.6 Å². The molecular weight excluding hydrogens is 276 g/mol. The van der Waals surface area contributed by atoms with Crippen LogP contribution in [0.25, 0.3) is 0 Å². The average molecular weight is 308 g/mol. The maximum Gasteiger partial charge on any atom is 0.315 e. The van der Waals surface area contributed by atoms with E-state index in [9.17, 15) is 4.79 Å². The van der Waals surface area contributed by atoms with Crippen LogP contribution < -0.4 is 10.6 Å². The summed E-state index contributed by atoms with van der Waals surface area (Å²) in [5, 5.41) is 5.96. The highest BCUT2D eigenvalue weighted by Crippen LogP contribution is 2.36. The number of carbonyl (C=O) groups is 1. The maximum atomic E-state index is 11.7. The van der Waals surface area contributed by atoms with Crippen molar-refractivity contribution in [2.24, 2.45) is 11.8 Å². The molecule has 0 radical (unpaired) electrons. The van der Waals surface area contributed by atoms with Crippen molar-refractivity contribution in [3.63, 3.8) is 0 Å². The van der Waals surface area contributed by atoms with Crippen molar-refractivity contribution in [1.82, 2.24) is 20.4 Å². The summed E-state index contributed by atoms with van der Waals surface area (Å²) >= 11 is 0. The van der Waals surface area contributed by atoms with E-state index in [1.165, 1.54) is 58.4 Å². The van der Waals surface area contributed by atoms with Gasteiger partial charge in [0.15, 0.2) is 0 Å². The third kappa shape index (κ3) is 3.93. The Morgan fingerprint density at radius 3 is 2.64 bits per heavy atom. The molecule has 2 bridgehead atoms. The van der Waals surface area contributed by atoms with E-state index in [-0.39, 0.29) is 12.1 Å². The van der Waals surface area contributed by atoms with Crippen molar-refractivity contribution in [3.8, 4) is 0 Å². The van der Waals surface area contributed by atoms with Crippen LogP contribution in [-0.4, -0.2) is 67.2 Å². The number of carbonyl (C=O) groups excluding carboxylic acids is 1. The Hall–Kier alpha value is -0.810. The van der Waals surface area contributed by atoms with Crippen LogP contribution in [0.1, 0.15) is 39.5 Å². The van der Waals surface area contributed by atoms with Gasteiger partial charge in [-0.1, -0.05) is 0 Å². The minimum absolute atomic E-state index is 0.0220. The molecule has 4 aliphatic heterocycles. The molecule has 4 unspecified atom stereocenters. The number of nitrogens with one attached hydrogen (secondary N) is 2. The van der Waals surface area contributed by atoms with Crippen molar-refractivity contribution in [3.05, 3.63) is 0 Å². The van der Waals surface area contributed by atoms with E-state index in [0.717, 1.165) is 18.4 Å². The SMILES string of the molecule is CC(C)NC(=O)NCC1CC2CCN1CC2CN1CCCC1. The Kier molecular flexibility index (Phi) is 5.24. The number of hydrogen-bond donors (Lipinski definition) is 2. The smallest absolute Gasteiger partial charge is 0.315 e. The van der Waals surface area contributed by atoms with Crippen molar-refractivity contribution in [2.75, 3.05) is 39.3 Å². The summed E-state index contributed by atoms with van der Waals surface area (Å²) in [6, 6.07) is 0.728. The van der Waals surface area contributed by atoms with E-state index >= 15 is 0 Å². The minimum Gasteiger partial charge on any atom is -0.337 e. The molecule has 4 heterocycles. The zero-order valence-electron chi connectivity index (χ0n) is 14.2. The lowest BCUT2D eigenvalue weighted by atomic mass is 9.75. The Morgan fingerprint density at radius 1 is 1.23 bits per heavy atom. The first kappa shape index (κ1) is 16.1. The van der Waals surface area contributed by atoms with Gasteiger partial charge >= 0.3 is 6.03 Å². The molecule has 126 valence electrons. The van der Waals surface area contributed by atoms with Gasteiger partial charge in [0.2, 0.25) is 0 Å². The molecule has 0 aromatic carbocycles. The van der Waals surface area contributed by atoms with Crippen LogP contribution in [0.15, 0.2) is 0 Å². The standard InChI is InChI=1S/C17H32N4O/c1-13(2)19-17(22)18-10-16-9-14-5-8-21(16)12-15(14)11-20-6-3-4-7-20/h13-16H,3-12H2,1-2H3,(H2,18,19,22). The molecule has 0 aromatic heterocycles. The van der Waals surface area contributed by atoms with Gasteiger partial charge in [-0.2, -0.15) is 0 Å². The predicted molar refractivity (Wildman–Crippen MR) is 88.9 cm³/mol. The van der Waals surface area contributed by atoms with E-state index in [0.29, 0.717) is 6.04 Å². The summed E-state index contributed by atoms with van der Waals surface area (Å²) in [7, 11) is 0. The molecule has 2 amide bonds. The van der Waals surface area contributed by atoms with Crippen LogP contribution in [0, 0.1) is 11.8 Å². The summed E-state index contributed by atoms with van der Waals surface area (Å²) in [5.74, 6) is 1.72. The lowest BCUT2D eigenvalue weighted by Gasteiger charge is -2.50. The predicted octanol–water partition coefficient (Wildman–Crippen LogP) is 1.50. The monoisotopic (exact) mass is 308 g/mol. The van der Waals surface area contributed by atoms with Crippen LogP contribution in [-0.2, 0) is 0 Å². The first-order valence-corrected chi connectivity index (χ1v) is 9.12. The topological polar surface area (TPSA) is 47.6 Å². The highest BCUT2D eigenvalue weighted by atomic mass is 16.2. The van der Waals surface area contributed by atoms with E-state index in [2.05, 4.69) is 20.4 Å². The Balaban J connectivity index is 1.44. The number of fused-ring (bicyclic) bond motifs is 3. The van der Waals surface area contributed by atoms with Gasteiger partial charge in [0, 0.05) is 31.7 Å². The summed E-state index contributed by atoms with van der Waals surface area (Å²) < 4.78 is 0. The molecule has 0 aliphatic carbocycles. The van der Waals surface area contributed by atoms with Gasteiger partial charge in [-0.05, 0) is 71.0 Å². The molecular formula is C17H32N4O. The molecule has 4 atom stereocenters. The van der Waals surface area contributed by atoms with Gasteiger partial charge in [-0.3, -0.25) is 4.90 Å². The minimum atomic E-state index is -0.0220. The van der Waals surface area contributed by atoms with Crippen molar-refractivity contribution < 1.29 is 4.79 Å². The number of likely N-dealkylation sites (tertiary alicyclic amines) is 1. The molecule has 0 spiro atoms. The van der Waals surface area contributed by atoms with Gasteiger partial charge in [-0.25, -0.2) is 4.79 Å². The highest BCUT2D eigenvalue weighted by Gasteiger charge is 2.40. The fourth-order valence-corrected chi connectivity index (χ4v) is 4.49. The Morgan fingerprint density at radius 2 is 2.00 bits per heavy atom. The first-order valence-electron chi connectivity index (χ1n) is 9.12. The van der Waals surface area contributed by atoms with Crippen LogP contribution in [0.2, 0.25) is 0 Å². The molecule has 4 rings (SSSR count). The van der Waals surface area contributed by atoms with Gasteiger partial charge < -0.3 is 15.5 Å². The third-order valence-electron chi connectivity index (χ3n) is 5.62. The summed E-state index contributed by atoms with van der Waals surface area (Å²) in [4.78, 5) is 17.0. The summed E-state index contributed by atoms with van der Waals surface area (Å²) in [6.45, 7) is 11.2. The number of rotatable bonds is 5. The average Bonchev–Trinajstić information content (AvgIpc) is 2.98. The van der Waals surface area contributed by atoms with Crippen molar-refractivity contribution >= 4 is 6.03 Å². The lowest BCUT2D eigenvalue weighted by molar-refractivity contribution is -0.00851. The van der Waals surface area contributed by atoms with Gasteiger partial charge in [0.05, 0.1) is 0 Å². The number of nitrogens with zero attached hydrogens (tertiary/aromatic N) is 2. The number of piperidine rings is 3. The quantitative estimate of drug-likeness (QED) is 0.809. The lowest BCUT2D eigenvalue weighted by Crippen LogP contribution is -2.59. The highest BCUT2D eigenvalue weighted by molar-refractivity contribution is 5.74. The van der Waals surface area contributed by atoms with Crippen LogP contribution in [0.3, 0.4) is 0 Å². The molecule has 2 N–H and O–H groups in total. The second-order valence-electron chi connectivity index (χ2n) is 7.71. The fourth-order valence-electron chi connectivity index (χ4n) is 4.49. The Labute approximate surface area is 134 Å². The molecule has 4 fully saturated rings. The number of amides is 2.